The fraction of sp³-hybridized carbons (Fsp3) is 0.357. The van der Waals surface area contributed by atoms with Crippen molar-refractivity contribution in [2.24, 2.45) is 16.5 Å². The van der Waals surface area contributed by atoms with Crippen molar-refractivity contribution in [3.05, 3.63) is 30.0 Å². The highest BCUT2D eigenvalue weighted by molar-refractivity contribution is 5.82. The van der Waals surface area contributed by atoms with Crippen molar-refractivity contribution in [2.45, 2.75) is 13.3 Å². The van der Waals surface area contributed by atoms with Crippen LogP contribution < -0.4 is 11.5 Å². The molecule has 0 fully saturated rings. The maximum Gasteiger partial charge on any atom is 0.410 e. The number of ether oxygens (including phenoxy) is 1. The molecular formula is C14H19N5O2. The molecule has 1 aromatic rings. The molecule has 1 aromatic heterocycles. The van der Waals surface area contributed by atoms with E-state index in [1.165, 1.54) is 0 Å². The molecule has 0 unspecified atom stereocenters. The Morgan fingerprint density at radius 2 is 2.33 bits per heavy atom. The summed E-state index contributed by atoms with van der Waals surface area (Å²) in [6.07, 6.45) is 4.03. The Balaban J connectivity index is 2.18. The molecule has 1 aliphatic heterocycles. The number of aliphatic imine (C=N–C) groups is 1. The summed E-state index contributed by atoms with van der Waals surface area (Å²) in [7, 11) is 0. The van der Waals surface area contributed by atoms with E-state index in [4.69, 9.17) is 16.2 Å². The maximum absolute atomic E-state index is 11.7. The molecule has 2 rings (SSSR count). The molecule has 0 saturated heterocycles. The van der Waals surface area contributed by atoms with Gasteiger partial charge in [0.25, 0.3) is 0 Å². The lowest BCUT2D eigenvalue weighted by molar-refractivity contribution is 0.111. The standard InChI is InChI=1S/C14H19N5O2/c1-2-21-14(20)19-8-5-10(6-9-19)11-4-3-7-17-12(11)18-13(15)16/h3-5,7H,2,6,8-9H2,1H3,(H4,15,16,17,18). The van der Waals surface area contributed by atoms with E-state index in [9.17, 15) is 4.79 Å². The minimum atomic E-state index is -0.288. The van der Waals surface area contributed by atoms with Crippen LogP contribution in [-0.2, 0) is 4.74 Å². The van der Waals surface area contributed by atoms with Gasteiger partial charge in [0.15, 0.2) is 11.8 Å². The van der Waals surface area contributed by atoms with E-state index in [2.05, 4.69) is 9.98 Å². The largest absolute Gasteiger partial charge is 0.450 e. The molecule has 112 valence electrons. The molecule has 1 amide bonds. The summed E-state index contributed by atoms with van der Waals surface area (Å²) in [5.41, 5.74) is 12.8. The van der Waals surface area contributed by atoms with Gasteiger partial charge in [-0.3, -0.25) is 0 Å². The summed E-state index contributed by atoms with van der Waals surface area (Å²) in [6, 6.07) is 3.75. The third kappa shape index (κ3) is 3.71. The van der Waals surface area contributed by atoms with Gasteiger partial charge < -0.3 is 21.1 Å². The number of aromatic nitrogens is 1. The topological polar surface area (TPSA) is 107 Å². The maximum atomic E-state index is 11.7. The molecular weight excluding hydrogens is 270 g/mol. The average molecular weight is 289 g/mol. The van der Waals surface area contributed by atoms with Crippen LogP contribution in [0.4, 0.5) is 10.6 Å². The Bertz CT molecular complexity index is 578. The Labute approximate surface area is 123 Å². The summed E-state index contributed by atoms with van der Waals surface area (Å²) in [5.74, 6) is 0.466. The first-order chi connectivity index (χ1) is 10.1. The molecule has 0 saturated carbocycles. The molecule has 21 heavy (non-hydrogen) atoms. The van der Waals surface area contributed by atoms with Crippen LogP contribution >= 0.6 is 0 Å². The highest BCUT2D eigenvalue weighted by Crippen LogP contribution is 2.28. The van der Waals surface area contributed by atoms with Crippen molar-refractivity contribution in [2.75, 3.05) is 19.7 Å². The molecule has 0 spiro atoms. The molecule has 2 heterocycles. The highest BCUT2D eigenvalue weighted by Gasteiger charge is 2.20. The smallest absolute Gasteiger partial charge is 0.410 e. The summed E-state index contributed by atoms with van der Waals surface area (Å²) < 4.78 is 4.99. The molecule has 7 heteroatoms. The van der Waals surface area contributed by atoms with E-state index in [0.29, 0.717) is 31.9 Å². The zero-order chi connectivity index (χ0) is 15.2. The van der Waals surface area contributed by atoms with Crippen LogP contribution in [0.1, 0.15) is 18.9 Å². The first-order valence-corrected chi connectivity index (χ1v) is 6.77. The van der Waals surface area contributed by atoms with Crippen LogP contribution in [0.2, 0.25) is 0 Å². The molecule has 4 N–H and O–H groups in total. The predicted molar refractivity (Wildman–Crippen MR) is 80.9 cm³/mol. The third-order valence-corrected chi connectivity index (χ3v) is 3.10. The minimum absolute atomic E-state index is 0.0282. The second-order valence-electron chi connectivity index (χ2n) is 4.54. The third-order valence-electron chi connectivity index (χ3n) is 3.10. The number of guanidine groups is 1. The first-order valence-electron chi connectivity index (χ1n) is 6.77. The number of carbonyl (C=O) groups excluding carboxylic acids is 1. The SMILES string of the molecule is CCOC(=O)N1CC=C(c2cccnc2N=C(N)N)CC1. The molecule has 0 radical (unpaired) electrons. The number of amides is 1. The number of nitrogens with two attached hydrogens (primary N) is 2. The minimum Gasteiger partial charge on any atom is -0.450 e. The summed E-state index contributed by atoms with van der Waals surface area (Å²) in [5, 5.41) is 0. The zero-order valence-electron chi connectivity index (χ0n) is 12.0. The number of rotatable bonds is 3. The lowest BCUT2D eigenvalue weighted by Gasteiger charge is -2.25. The molecule has 7 nitrogen and oxygen atoms in total. The quantitative estimate of drug-likeness (QED) is 0.643. The highest BCUT2D eigenvalue weighted by atomic mass is 16.6. The Hall–Kier alpha value is -2.57. The fourth-order valence-electron chi connectivity index (χ4n) is 2.15. The van der Waals surface area contributed by atoms with Gasteiger partial charge in [0.1, 0.15) is 0 Å². The van der Waals surface area contributed by atoms with Crippen LogP contribution in [0, 0.1) is 0 Å². The van der Waals surface area contributed by atoms with Gasteiger partial charge >= 0.3 is 6.09 Å². The van der Waals surface area contributed by atoms with Crippen molar-refractivity contribution in [3.8, 4) is 0 Å². The van der Waals surface area contributed by atoms with E-state index in [-0.39, 0.29) is 12.1 Å². The van der Waals surface area contributed by atoms with Crippen LogP contribution in [0.15, 0.2) is 29.4 Å². The van der Waals surface area contributed by atoms with E-state index in [1.54, 1.807) is 18.0 Å². The number of nitrogens with zero attached hydrogens (tertiary/aromatic N) is 3. The van der Waals surface area contributed by atoms with E-state index < -0.39 is 0 Å². The van der Waals surface area contributed by atoms with Gasteiger partial charge in [-0.1, -0.05) is 6.08 Å². The predicted octanol–water partition coefficient (Wildman–Crippen LogP) is 1.23. The monoisotopic (exact) mass is 289 g/mol. The normalized spacial score (nSPS) is 14.3. The van der Waals surface area contributed by atoms with Crippen LogP contribution in [-0.4, -0.2) is 41.6 Å². The Morgan fingerprint density at radius 3 is 2.95 bits per heavy atom. The van der Waals surface area contributed by atoms with Gasteiger partial charge in [0.2, 0.25) is 0 Å². The summed E-state index contributed by atoms with van der Waals surface area (Å²) in [6.45, 7) is 3.27. The molecule has 0 atom stereocenters. The van der Waals surface area contributed by atoms with Crippen molar-refractivity contribution in [1.82, 2.24) is 9.88 Å². The first kappa shape index (κ1) is 14.8. The van der Waals surface area contributed by atoms with E-state index >= 15 is 0 Å². The lowest BCUT2D eigenvalue weighted by Crippen LogP contribution is -2.35. The zero-order valence-corrected chi connectivity index (χ0v) is 12.0. The van der Waals surface area contributed by atoms with Crippen LogP contribution in [0.25, 0.3) is 5.57 Å². The van der Waals surface area contributed by atoms with Gasteiger partial charge in [-0.2, -0.15) is 4.99 Å². The molecule has 0 aromatic carbocycles. The van der Waals surface area contributed by atoms with Gasteiger partial charge in [-0.15, -0.1) is 0 Å². The second kappa shape index (κ2) is 6.74. The van der Waals surface area contributed by atoms with E-state index in [1.807, 2.05) is 18.2 Å². The Morgan fingerprint density at radius 1 is 1.52 bits per heavy atom. The van der Waals surface area contributed by atoms with Crippen molar-refractivity contribution >= 4 is 23.4 Å². The fourth-order valence-corrected chi connectivity index (χ4v) is 2.15. The number of pyridine rings is 1. The Kier molecular flexibility index (Phi) is 4.76. The van der Waals surface area contributed by atoms with Gasteiger partial charge in [-0.05, 0) is 31.1 Å². The molecule has 1 aliphatic rings. The van der Waals surface area contributed by atoms with E-state index in [0.717, 1.165) is 11.1 Å². The molecule has 0 aliphatic carbocycles. The van der Waals surface area contributed by atoms with Gasteiger partial charge in [0.05, 0.1) is 6.61 Å². The second-order valence-corrected chi connectivity index (χ2v) is 4.54. The van der Waals surface area contributed by atoms with Crippen molar-refractivity contribution < 1.29 is 9.53 Å². The van der Waals surface area contributed by atoms with Crippen molar-refractivity contribution in [3.63, 3.8) is 0 Å². The number of hydrogen-bond acceptors (Lipinski definition) is 4. The molecule has 0 bridgehead atoms. The van der Waals surface area contributed by atoms with Crippen LogP contribution in [0.5, 0.6) is 0 Å². The number of carbonyl (C=O) groups is 1. The van der Waals surface area contributed by atoms with Crippen molar-refractivity contribution in [1.29, 1.82) is 0 Å². The lowest BCUT2D eigenvalue weighted by atomic mass is 10.0. The summed E-state index contributed by atoms with van der Waals surface area (Å²) in [4.78, 5) is 21.5. The van der Waals surface area contributed by atoms with Crippen LogP contribution in [0.3, 0.4) is 0 Å². The van der Waals surface area contributed by atoms with Gasteiger partial charge in [-0.25, -0.2) is 9.78 Å². The number of hydrogen-bond donors (Lipinski definition) is 2. The summed E-state index contributed by atoms with van der Waals surface area (Å²) >= 11 is 0. The average Bonchev–Trinajstić information content (AvgIpc) is 2.48. The van der Waals surface area contributed by atoms with Gasteiger partial charge in [0, 0.05) is 24.8 Å².